The topological polar surface area (TPSA) is 61.9 Å². The molecule has 0 aliphatic carbocycles. The molecule has 1 aliphatic heterocycles. The zero-order valence-corrected chi connectivity index (χ0v) is 16.5. The number of rotatable bonds is 2. The van der Waals surface area contributed by atoms with E-state index < -0.39 is 5.60 Å². The number of thiocarbonyl (C=S) groups is 1. The molecule has 0 radical (unpaired) electrons. The number of amides is 2. The fourth-order valence-corrected chi connectivity index (χ4v) is 2.67. The average molecular weight is 393 g/mol. The van der Waals surface area contributed by atoms with Gasteiger partial charge in [-0.1, -0.05) is 12.1 Å². The van der Waals surface area contributed by atoms with Crippen LogP contribution in [0.1, 0.15) is 26.3 Å². The van der Waals surface area contributed by atoms with Gasteiger partial charge >= 0.3 is 6.09 Å². The highest BCUT2D eigenvalue weighted by molar-refractivity contribution is 7.80. The van der Waals surface area contributed by atoms with E-state index in [0.717, 1.165) is 0 Å². The number of carbonyl (C=O) groups excluding carboxylic acids is 2. The Morgan fingerprint density at radius 3 is 2.22 bits per heavy atom. The summed E-state index contributed by atoms with van der Waals surface area (Å²) in [5, 5.41) is 2.95. The van der Waals surface area contributed by atoms with Crippen molar-refractivity contribution in [1.82, 2.24) is 15.1 Å². The molecule has 1 heterocycles. The van der Waals surface area contributed by atoms with E-state index in [0.29, 0.717) is 36.9 Å². The lowest BCUT2D eigenvalue weighted by Gasteiger charge is -2.36. The van der Waals surface area contributed by atoms with Crippen LogP contribution in [0.4, 0.5) is 9.18 Å². The van der Waals surface area contributed by atoms with Crippen LogP contribution in [-0.2, 0) is 9.53 Å². The number of hydrogen-bond acceptors (Lipinski definition) is 4. The maximum absolute atomic E-state index is 12.9. The van der Waals surface area contributed by atoms with Crippen molar-refractivity contribution >= 4 is 35.4 Å². The first kappa shape index (κ1) is 20.8. The Hall–Kier alpha value is -2.48. The summed E-state index contributed by atoms with van der Waals surface area (Å²) in [6.45, 7) is 7.44. The second-order valence-electron chi connectivity index (χ2n) is 7.13. The molecule has 1 N–H and O–H groups in total. The van der Waals surface area contributed by atoms with Crippen LogP contribution in [0.5, 0.6) is 0 Å². The van der Waals surface area contributed by atoms with Gasteiger partial charge in [-0.3, -0.25) is 10.1 Å². The zero-order valence-electron chi connectivity index (χ0n) is 15.7. The van der Waals surface area contributed by atoms with Gasteiger partial charge in [0.25, 0.3) is 0 Å². The number of carbonyl (C=O) groups is 2. The van der Waals surface area contributed by atoms with E-state index in [9.17, 15) is 14.0 Å². The molecule has 0 aromatic heterocycles. The van der Waals surface area contributed by atoms with Crippen LogP contribution in [-0.4, -0.2) is 58.7 Å². The monoisotopic (exact) mass is 393 g/mol. The zero-order chi connectivity index (χ0) is 20.0. The maximum atomic E-state index is 12.9. The first-order chi connectivity index (χ1) is 12.6. The third kappa shape index (κ3) is 6.97. The summed E-state index contributed by atoms with van der Waals surface area (Å²) in [6.07, 6.45) is 2.58. The number of hydrogen-bond donors (Lipinski definition) is 1. The quantitative estimate of drug-likeness (QED) is 0.618. The van der Waals surface area contributed by atoms with Gasteiger partial charge in [-0.05, 0) is 56.8 Å². The molecular weight excluding hydrogens is 369 g/mol. The van der Waals surface area contributed by atoms with E-state index in [1.807, 2.05) is 25.7 Å². The fraction of sp³-hybridized carbons (Fsp3) is 0.421. The highest BCUT2D eigenvalue weighted by Gasteiger charge is 2.26. The normalized spacial score (nSPS) is 15.0. The average Bonchev–Trinajstić information content (AvgIpc) is 2.60. The molecule has 1 saturated heterocycles. The molecule has 0 atom stereocenters. The molecule has 0 saturated carbocycles. The van der Waals surface area contributed by atoms with Crippen molar-refractivity contribution in [3.05, 3.63) is 41.7 Å². The SMILES string of the molecule is CC(C)(C)OC(=O)N1CCN(C(=S)NC(=O)C=Cc2ccc(F)cc2)CC1. The van der Waals surface area contributed by atoms with Crippen molar-refractivity contribution in [1.29, 1.82) is 0 Å². The van der Waals surface area contributed by atoms with Crippen molar-refractivity contribution in [3.8, 4) is 0 Å². The molecule has 1 aromatic carbocycles. The number of ether oxygens (including phenoxy) is 1. The van der Waals surface area contributed by atoms with Crippen LogP contribution in [0, 0.1) is 5.82 Å². The molecule has 146 valence electrons. The van der Waals surface area contributed by atoms with Crippen LogP contribution >= 0.6 is 12.2 Å². The summed E-state index contributed by atoms with van der Waals surface area (Å²) in [6, 6.07) is 5.80. The van der Waals surface area contributed by atoms with Gasteiger partial charge in [0.1, 0.15) is 11.4 Å². The lowest BCUT2D eigenvalue weighted by molar-refractivity contribution is -0.115. The van der Waals surface area contributed by atoms with Gasteiger partial charge in [-0.15, -0.1) is 0 Å². The highest BCUT2D eigenvalue weighted by atomic mass is 32.1. The van der Waals surface area contributed by atoms with Crippen molar-refractivity contribution in [2.75, 3.05) is 26.2 Å². The van der Waals surface area contributed by atoms with Gasteiger partial charge in [0.15, 0.2) is 5.11 Å². The van der Waals surface area contributed by atoms with Crippen LogP contribution in [0.3, 0.4) is 0 Å². The number of nitrogens with zero attached hydrogens (tertiary/aromatic N) is 2. The number of piperazine rings is 1. The second-order valence-corrected chi connectivity index (χ2v) is 7.52. The minimum absolute atomic E-state index is 0.313. The standard InChI is InChI=1S/C19H24FN3O3S/c1-19(2,3)26-18(25)23-12-10-22(11-13-23)17(27)21-16(24)9-6-14-4-7-15(20)8-5-14/h4-9H,10-13H2,1-3H3,(H,21,24,27). The predicted octanol–water partition coefficient (Wildman–Crippen LogP) is 2.79. The fourth-order valence-electron chi connectivity index (χ4n) is 2.39. The summed E-state index contributed by atoms with van der Waals surface area (Å²) in [5.41, 5.74) is 0.178. The Kier molecular flexibility index (Phi) is 6.90. The number of benzene rings is 1. The van der Waals surface area contributed by atoms with Crippen molar-refractivity contribution < 1.29 is 18.7 Å². The number of nitrogens with one attached hydrogen (secondary N) is 1. The Balaban J connectivity index is 1.79. The molecule has 27 heavy (non-hydrogen) atoms. The molecule has 2 amide bonds. The molecule has 0 bridgehead atoms. The lowest BCUT2D eigenvalue weighted by Crippen LogP contribution is -2.54. The van der Waals surface area contributed by atoms with Crippen LogP contribution in [0.2, 0.25) is 0 Å². The maximum Gasteiger partial charge on any atom is 0.410 e. The predicted molar refractivity (Wildman–Crippen MR) is 106 cm³/mol. The summed E-state index contributed by atoms with van der Waals surface area (Å²) in [5.74, 6) is -0.692. The van der Waals surface area contributed by atoms with Crippen molar-refractivity contribution in [2.24, 2.45) is 0 Å². The molecule has 6 nitrogen and oxygen atoms in total. The lowest BCUT2D eigenvalue weighted by atomic mass is 10.2. The molecular formula is C19H24FN3O3S. The smallest absolute Gasteiger partial charge is 0.410 e. The van der Waals surface area contributed by atoms with E-state index in [1.165, 1.54) is 18.2 Å². The van der Waals surface area contributed by atoms with Gasteiger partial charge in [0.2, 0.25) is 5.91 Å². The largest absolute Gasteiger partial charge is 0.444 e. The Labute approximate surface area is 164 Å². The van der Waals surface area contributed by atoms with E-state index >= 15 is 0 Å². The molecule has 8 heteroatoms. The summed E-state index contributed by atoms with van der Waals surface area (Å²) < 4.78 is 18.2. The van der Waals surface area contributed by atoms with Crippen LogP contribution < -0.4 is 5.32 Å². The van der Waals surface area contributed by atoms with Gasteiger partial charge in [-0.25, -0.2) is 9.18 Å². The van der Waals surface area contributed by atoms with E-state index in [2.05, 4.69) is 5.32 Å². The van der Waals surface area contributed by atoms with Gasteiger partial charge < -0.3 is 14.5 Å². The minimum Gasteiger partial charge on any atom is -0.444 e. The number of halogens is 1. The molecule has 1 aromatic rings. The third-order valence-corrected chi connectivity index (χ3v) is 4.11. The third-order valence-electron chi connectivity index (χ3n) is 3.75. The molecule has 1 aliphatic rings. The van der Waals surface area contributed by atoms with Gasteiger partial charge in [0, 0.05) is 32.3 Å². The van der Waals surface area contributed by atoms with Gasteiger partial charge in [-0.2, -0.15) is 0 Å². The summed E-state index contributed by atoms with van der Waals surface area (Å²) in [4.78, 5) is 27.5. The van der Waals surface area contributed by atoms with E-state index in [1.54, 1.807) is 23.1 Å². The Bertz CT molecular complexity index is 721. The Morgan fingerprint density at radius 1 is 1.11 bits per heavy atom. The molecule has 0 unspecified atom stereocenters. The van der Waals surface area contributed by atoms with E-state index in [4.69, 9.17) is 17.0 Å². The van der Waals surface area contributed by atoms with Crippen molar-refractivity contribution in [2.45, 2.75) is 26.4 Å². The summed E-state index contributed by atoms with van der Waals surface area (Å²) in [7, 11) is 0. The second kappa shape index (κ2) is 8.94. The van der Waals surface area contributed by atoms with Crippen LogP contribution in [0.15, 0.2) is 30.3 Å². The molecule has 0 spiro atoms. The van der Waals surface area contributed by atoms with Crippen LogP contribution in [0.25, 0.3) is 6.08 Å². The van der Waals surface area contributed by atoms with Gasteiger partial charge in [0.05, 0.1) is 0 Å². The van der Waals surface area contributed by atoms with Crippen molar-refractivity contribution in [3.63, 3.8) is 0 Å². The first-order valence-corrected chi connectivity index (χ1v) is 9.06. The Morgan fingerprint density at radius 2 is 1.67 bits per heavy atom. The summed E-state index contributed by atoms with van der Waals surface area (Å²) >= 11 is 5.27. The molecule has 2 rings (SSSR count). The first-order valence-electron chi connectivity index (χ1n) is 8.65. The minimum atomic E-state index is -0.533. The molecule has 1 fully saturated rings. The van der Waals surface area contributed by atoms with E-state index in [-0.39, 0.29) is 17.8 Å². The highest BCUT2D eigenvalue weighted by Crippen LogP contribution is 2.12.